The lowest BCUT2D eigenvalue weighted by atomic mass is 10.3. The molecule has 3 amide bonds. The van der Waals surface area contributed by atoms with Gasteiger partial charge in [-0.1, -0.05) is 6.07 Å². The van der Waals surface area contributed by atoms with Crippen LogP contribution in [0, 0.1) is 0 Å². The molecule has 1 aromatic heterocycles. The number of anilines is 1. The average molecular weight is 360 g/mol. The normalized spacial score (nSPS) is 15.7. The zero-order chi connectivity index (χ0) is 18.0. The van der Waals surface area contributed by atoms with E-state index in [9.17, 15) is 9.59 Å². The highest BCUT2D eigenvalue weighted by Gasteiger charge is 2.24. The molecule has 132 valence electrons. The second-order valence-corrected chi connectivity index (χ2v) is 10.5. The highest BCUT2D eigenvalue weighted by atomic mass is 32.3. The van der Waals surface area contributed by atoms with Crippen molar-refractivity contribution in [2.24, 2.45) is 0 Å². The first-order chi connectivity index (χ1) is 11.8. The summed E-state index contributed by atoms with van der Waals surface area (Å²) in [6.07, 6.45) is 9.92. The van der Waals surface area contributed by atoms with Crippen molar-refractivity contribution in [1.82, 2.24) is 15.3 Å². The standard InChI is InChI=1S/C17H20N4O3S/c1-25(2,3)14-6-4-5-13(9-14)24-16-18-10-12(11-19-16)21-8-7-15(22)20-17(21)23/h4-6,9-11H,7-8H2,1-3H3,(H,20,22,23). The molecule has 1 aliphatic heterocycles. The molecule has 1 aliphatic rings. The van der Waals surface area contributed by atoms with Gasteiger partial charge in [0, 0.05) is 13.0 Å². The lowest BCUT2D eigenvalue weighted by molar-refractivity contribution is -0.120. The molecule has 2 heterocycles. The maximum Gasteiger partial charge on any atom is 0.328 e. The summed E-state index contributed by atoms with van der Waals surface area (Å²) in [6.45, 7) is 0.310. The van der Waals surface area contributed by atoms with Gasteiger partial charge in [0.2, 0.25) is 5.91 Å². The van der Waals surface area contributed by atoms with Crippen molar-refractivity contribution in [3.8, 4) is 11.8 Å². The van der Waals surface area contributed by atoms with Crippen LogP contribution in [0.2, 0.25) is 0 Å². The summed E-state index contributed by atoms with van der Waals surface area (Å²) < 4.78 is 5.72. The number of ether oxygens (including phenoxy) is 1. The molecular weight excluding hydrogens is 340 g/mol. The molecule has 0 atom stereocenters. The van der Waals surface area contributed by atoms with Gasteiger partial charge in [-0.15, -0.1) is 0 Å². The Morgan fingerprint density at radius 3 is 2.52 bits per heavy atom. The SMILES string of the molecule is CS(C)(C)c1cccc(Oc2ncc(N3CCC(=O)NC3=O)cn2)c1. The van der Waals surface area contributed by atoms with Crippen LogP contribution < -0.4 is 15.0 Å². The number of hydrogen-bond donors (Lipinski definition) is 1. The Labute approximate surface area is 147 Å². The Balaban J connectivity index is 1.73. The molecule has 0 bridgehead atoms. The minimum absolute atomic E-state index is 0.207. The minimum atomic E-state index is -0.849. The first kappa shape index (κ1) is 17.2. The third kappa shape index (κ3) is 4.08. The van der Waals surface area contributed by atoms with Gasteiger partial charge in [0.05, 0.1) is 18.1 Å². The number of amides is 3. The Morgan fingerprint density at radius 2 is 1.88 bits per heavy atom. The minimum Gasteiger partial charge on any atom is -0.424 e. The summed E-state index contributed by atoms with van der Waals surface area (Å²) in [5, 5.41) is 2.27. The molecule has 1 aromatic carbocycles. The highest BCUT2D eigenvalue weighted by molar-refractivity contribution is 8.32. The first-order valence-corrected chi connectivity index (χ1v) is 10.6. The third-order valence-corrected chi connectivity index (χ3v) is 5.37. The number of urea groups is 1. The van der Waals surface area contributed by atoms with Gasteiger partial charge in [0.25, 0.3) is 0 Å². The van der Waals surface area contributed by atoms with Crippen molar-refractivity contribution in [2.75, 3.05) is 30.2 Å². The molecule has 0 radical (unpaired) electrons. The van der Waals surface area contributed by atoms with Crippen LogP contribution in [0.15, 0.2) is 41.6 Å². The van der Waals surface area contributed by atoms with Gasteiger partial charge in [-0.3, -0.25) is 15.0 Å². The van der Waals surface area contributed by atoms with Gasteiger partial charge in [0.1, 0.15) is 5.75 Å². The number of hydrogen-bond acceptors (Lipinski definition) is 5. The highest BCUT2D eigenvalue weighted by Crippen LogP contribution is 2.46. The second-order valence-electron chi connectivity index (χ2n) is 6.39. The van der Waals surface area contributed by atoms with E-state index in [1.165, 1.54) is 22.2 Å². The number of rotatable bonds is 4. The van der Waals surface area contributed by atoms with Crippen LogP contribution in [0.5, 0.6) is 11.8 Å². The predicted molar refractivity (Wildman–Crippen MR) is 97.7 cm³/mol. The molecule has 0 spiro atoms. The predicted octanol–water partition coefficient (Wildman–Crippen LogP) is 2.77. The Bertz CT molecular complexity index is 802. The fourth-order valence-electron chi connectivity index (χ4n) is 2.34. The largest absolute Gasteiger partial charge is 0.424 e. The number of nitrogens with one attached hydrogen (secondary N) is 1. The van der Waals surface area contributed by atoms with Crippen molar-refractivity contribution < 1.29 is 14.3 Å². The van der Waals surface area contributed by atoms with Gasteiger partial charge in [-0.2, -0.15) is 0 Å². The number of benzene rings is 1. The van der Waals surface area contributed by atoms with E-state index in [4.69, 9.17) is 4.74 Å². The van der Waals surface area contributed by atoms with Gasteiger partial charge in [-0.25, -0.2) is 24.8 Å². The van der Waals surface area contributed by atoms with Gasteiger partial charge < -0.3 is 4.74 Å². The first-order valence-electron chi connectivity index (χ1n) is 7.72. The third-order valence-electron chi connectivity index (χ3n) is 3.70. The van der Waals surface area contributed by atoms with E-state index in [0.717, 1.165) is 0 Å². The van der Waals surface area contributed by atoms with Gasteiger partial charge in [0.15, 0.2) is 0 Å². The van der Waals surface area contributed by atoms with Crippen molar-refractivity contribution in [2.45, 2.75) is 11.3 Å². The van der Waals surface area contributed by atoms with Crippen molar-refractivity contribution >= 4 is 27.7 Å². The van der Waals surface area contributed by atoms with Crippen molar-refractivity contribution in [3.05, 3.63) is 36.7 Å². The molecule has 25 heavy (non-hydrogen) atoms. The lowest BCUT2D eigenvalue weighted by Crippen LogP contribution is -2.49. The number of carbonyl (C=O) groups is 2. The molecule has 1 fully saturated rings. The lowest BCUT2D eigenvalue weighted by Gasteiger charge is -2.26. The zero-order valence-electron chi connectivity index (χ0n) is 14.4. The summed E-state index contributed by atoms with van der Waals surface area (Å²) in [6, 6.07) is 7.63. The number of nitrogens with zero attached hydrogens (tertiary/aromatic N) is 3. The second kappa shape index (κ2) is 6.72. The van der Waals surface area contributed by atoms with E-state index >= 15 is 0 Å². The van der Waals surface area contributed by atoms with E-state index in [0.29, 0.717) is 18.0 Å². The van der Waals surface area contributed by atoms with Crippen LogP contribution in [-0.4, -0.2) is 47.2 Å². The van der Waals surface area contributed by atoms with E-state index < -0.39 is 16.1 Å². The molecule has 0 saturated carbocycles. The topological polar surface area (TPSA) is 84.4 Å². The fourth-order valence-corrected chi connectivity index (χ4v) is 3.29. The molecule has 0 aliphatic carbocycles. The molecule has 1 saturated heterocycles. The Morgan fingerprint density at radius 1 is 1.16 bits per heavy atom. The van der Waals surface area contributed by atoms with E-state index in [2.05, 4.69) is 40.1 Å². The summed E-state index contributed by atoms with van der Waals surface area (Å²) in [5.74, 6) is 0.400. The van der Waals surface area contributed by atoms with Gasteiger partial charge >= 0.3 is 12.0 Å². The van der Waals surface area contributed by atoms with E-state index in [1.54, 1.807) is 0 Å². The number of imide groups is 1. The monoisotopic (exact) mass is 360 g/mol. The maximum absolute atomic E-state index is 11.8. The molecule has 3 rings (SSSR count). The van der Waals surface area contributed by atoms with Crippen molar-refractivity contribution in [3.63, 3.8) is 0 Å². The van der Waals surface area contributed by atoms with Crippen LogP contribution in [0.1, 0.15) is 6.42 Å². The molecule has 2 aromatic rings. The van der Waals surface area contributed by atoms with Crippen molar-refractivity contribution in [1.29, 1.82) is 0 Å². The molecule has 7 nitrogen and oxygen atoms in total. The van der Waals surface area contributed by atoms with Gasteiger partial charge in [-0.05, 0) is 41.9 Å². The van der Waals surface area contributed by atoms with Crippen LogP contribution >= 0.6 is 10.0 Å². The Kier molecular flexibility index (Phi) is 4.63. The zero-order valence-corrected chi connectivity index (χ0v) is 15.2. The smallest absolute Gasteiger partial charge is 0.328 e. The quantitative estimate of drug-likeness (QED) is 0.906. The molecule has 0 unspecified atom stereocenters. The summed E-state index contributed by atoms with van der Waals surface area (Å²) in [7, 11) is -0.849. The van der Waals surface area contributed by atoms with Crippen LogP contribution in [-0.2, 0) is 4.79 Å². The molecule has 1 N–H and O–H groups in total. The number of aromatic nitrogens is 2. The summed E-state index contributed by atoms with van der Waals surface area (Å²) in [4.78, 5) is 34.0. The summed E-state index contributed by atoms with van der Waals surface area (Å²) >= 11 is 0. The van der Waals surface area contributed by atoms with Crippen LogP contribution in [0.4, 0.5) is 10.5 Å². The molecular formula is C17H20N4O3S. The summed E-state index contributed by atoms with van der Waals surface area (Å²) in [5.41, 5.74) is 0.519. The maximum atomic E-state index is 11.8. The van der Waals surface area contributed by atoms with Crippen LogP contribution in [0.3, 0.4) is 0 Å². The Hall–Kier alpha value is -2.61. The number of carbonyl (C=O) groups excluding carboxylic acids is 2. The van der Waals surface area contributed by atoms with Crippen LogP contribution in [0.25, 0.3) is 0 Å². The average Bonchev–Trinajstić information content (AvgIpc) is 2.55. The van der Waals surface area contributed by atoms with E-state index in [-0.39, 0.29) is 18.3 Å². The van der Waals surface area contributed by atoms with E-state index in [1.807, 2.05) is 18.2 Å². The fraction of sp³-hybridized carbons (Fsp3) is 0.294. The molecule has 8 heteroatoms.